The van der Waals surface area contributed by atoms with Crippen LogP contribution in [0.4, 0.5) is 10.1 Å². The van der Waals surface area contributed by atoms with Crippen LogP contribution in [-0.4, -0.2) is 48.8 Å². The average Bonchev–Trinajstić information content (AvgIpc) is 3.36. The second kappa shape index (κ2) is 8.33. The molecular weight excluding hydrogens is 433 g/mol. The number of halogens is 1. The topological polar surface area (TPSA) is 54.9 Å². The van der Waals surface area contributed by atoms with Gasteiger partial charge in [0.25, 0.3) is 5.91 Å². The zero-order valence-electron chi connectivity index (χ0n) is 18.4. The third-order valence-corrected chi connectivity index (χ3v) is 6.37. The van der Waals surface area contributed by atoms with Gasteiger partial charge in [-0.3, -0.25) is 4.79 Å². The third-order valence-electron chi connectivity index (χ3n) is 6.37. The van der Waals surface area contributed by atoms with E-state index < -0.39 is 0 Å². The van der Waals surface area contributed by atoms with Gasteiger partial charge in [0, 0.05) is 42.8 Å². The van der Waals surface area contributed by atoms with Gasteiger partial charge in [-0.25, -0.2) is 9.37 Å². The maximum absolute atomic E-state index is 13.7. The summed E-state index contributed by atoms with van der Waals surface area (Å²) in [4.78, 5) is 22.5. The zero-order valence-corrected chi connectivity index (χ0v) is 18.4. The third kappa shape index (κ3) is 3.69. The second-order valence-corrected chi connectivity index (χ2v) is 8.40. The van der Waals surface area contributed by atoms with Crippen molar-refractivity contribution in [3.8, 4) is 22.8 Å². The molecule has 0 saturated carbocycles. The highest BCUT2D eigenvalue weighted by molar-refractivity contribution is 6.07. The normalized spacial score (nSPS) is 15.1. The highest BCUT2D eigenvalue weighted by Gasteiger charge is 2.25. The van der Waals surface area contributed by atoms with Gasteiger partial charge >= 0.3 is 0 Å². The summed E-state index contributed by atoms with van der Waals surface area (Å²) in [6.07, 6.45) is 0. The number of carbonyl (C=O) groups excluding carboxylic acids is 1. The summed E-state index contributed by atoms with van der Waals surface area (Å²) in [6, 6.07) is 21.8. The average molecular weight is 455 g/mol. The van der Waals surface area contributed by atoms with Crippen LogP contribution in [0.1, 0.15) is 10.4 Å². The van der Waals surface area contributed by atoms with Crippen LogP contribution in [0.15, 0.2) is 72.8 Å². The Labute approximate surface area is 196 Å². The fraction of sp³-hybridized carbons (Fsp3) is 0.185. The fourth-order valence-electron chi connectivity index (χ4n) is 4.55. The van der Waals surface area contributed by atoms with Gasteiger partial charge < -0.3 is 19.3 Å². The molecule has 3 aromatic carbocycles. The summed E-state index contributed by atoms with van der Waals surface area (Å²) in [5.41, 5.74) is 3.95. The van der Waals surface area contributed by atoms with Crippen molar-refractivity contribution in [1.82, 2.24) is 9.88 Å². The van der Waals surface area contributed by atoms with E-state index in [0.29, 0.717) is 48.9 Å². The van der Waals surface area contributed by atoms with Crippen LogP contribution in [0.2, 0.25) is 0 Å². The van der Waals surface area contributed by atoms with Crippen LogP contribution in [-0.2, 0) is 0 Å². The Balaban J connectivity index is 1.30. The molecule has 1 saturated heterocycles. The largest absolute Gasteiger partial charge is 0.454 e. The molecule has 0 aliphatic carbocycles. The summed E-state index contributed by atoms with van der Waals surface area (Å²) in [7, 11) is 0. The van der Waals surface area contributed by atoms with E-state index in [0.717, 1.165) is 22.2 Å². The molecule has 0 radical (unpaired) electrons. The number of amides is 1. The Morgan fingerprint density at radius 1 is 0.853 bits per heavy atom. The Morgan fingerprint density at radius 3 is 2.44 bits per heavy atom. The minimum absolute atomic E-state index is 0.0145. The molecule has 3 heterocycles. The monoisotopic (exact) mass is 455 g/mol. The fourth-order valence-corrected chi connectivity index (χ4v) is 4.55. The standard InChI is InChI=1S/C27H22FN3O3/c28-19-6-8-20(9-7-19)30-11-13-31(14-12-30)27(32)22-16-24(29-23-4-2-1-3-21(22)23)18-5-10-25-26(15-18)34-17-33-25/h1-10,15-16H,11-14,17H2. The Morgan fingerprint density at radius 2 is 1.62 bits per heavy atom. The predicted molar refractivity (Wildman–Crippen MR) is 128 cm³/mol. The highest BCUT2D eigenvalue weighted by atomic mass is 19.1. The van der Waals surface area contributed by atoms with Gasteiger partial charge in [0.15, 0.2) is 11.5 Å². The highest BCUT2D eigenvalue weighted by Crippen LogP contribution is 2.36. The molecule has 2 aliphatic heterocycles. The maximum Gasteiger partial charge on any atom is 0.254 e. The molecule has 2 aliphatic rings. The number of fused-ring (bicyclic) bond motifs is 2. The Bertz CT molecular complexity index is 1380. The number of ether oxygens (including phenoxy) is 2. The van der Waals surface area contributed by atoms with Crippen molar-refractivity contribution in [2.45, 2.75) is 0 Å². The van der Waals surface area contributed by atoms with Gasteiger partial charge in [-0.15, -0.1) is 0 Å². The van der Waals surface area contributed by atoms with Crippen molar-refractivity contribution in [3.05, 3.63) is 84.2 Å². The second-order valence-electron chi connectivity index (χ2n) is 8.40. The molecule has 0 spiro atoms. The quantitative estimate of drug-likeness (QED) is 0.447. The van der Waals surface area contributed by atoms with Crippen molar-refractivity contribution < 1.29 is 18.7 Å². The lowest BCUT2D eigenvalue weighted by atomic mass is 10.0. The number of nitrogens with zero attached hydrogens (tertiary/aromatic N) is 3. The number of para-hydroxylation sites is 1. The van der Waals surface area contributed by atoms with Gasteiger partial charge in [0.05, 0.1) is 16.8 Å². The number of hydrogen-bond acceptors (Lipinski definition) is 5. The van der Waals surface area contributed by atoms with E-state index in [9.17, 15) is 9.18 Å². The number of pyridine rings is 1. The maximum atomic E-state index is 13.7. The van der Waals surface area contributed by atoms with Crippen LogP contribution in [0.25, 0.3) is 22.2 Å². The van der Waals surface area contributed by atoms with Gasteiger partial charge in [0.1, 0.15) is 5.82 Å². The van der Waals surface area contributed by atoms with E-state index in [4.69, 9.17) is 14.5 Å². The lowest BCUT2D eigenvalue weighted by Gasteiger charge is -2.36. The summed E-state index contributed by atoms with van der Waals surface area (Å²) in [6.45, 7) is 2.76. The number of rotatable bonds is 3. The molecule has 170 valence electrons. The number of anilines is 1. The minimum atomic E-state index is -0.250. The molecule has 1 amide bonds. The molecule has 0 atom stereocenters. The van der Waals surface area contributed by atoms with Crippen LogP contribution in [0.5, 0.6) is 11.5 Å². The minimum Gasteiger partial charge on any atom is -0.454 e. The molecule has 1 fully saturated rings. The van der Waals surface area contributed by atoms with E-state index in [2.05, 4.69) is 4.90 Å². The van der Waals surface area contributed by atoms with Crippen LogP contribution in [0.3, 0.4) is 0 Å². The summed E-state index contributed by atoms with van der Waals surface area (Å²) in [5.74, 6) is 1.12. The van der Waals surface area contributed by atoms with Crippen LogP contribution in [0, 0.1) is 5.82 Å². The molecule has 34 heavy (non-hydrogen) atoms. The molecule has 0 unspecified atom stereocenters. The van der Waals surface area contributed by atoms with Gasteiger partial charge in [-0.1, -0.05) is 18.2 Å². The lowest BCUT2D eigenvalue weighted by Crippen LogP contribution is -2.48. The zero-order chi connectivity index (χ0) is 23.1. The number of hydrogen-bond donors (Lipinski definition) is 0. The molecule has 7 heteroatoms. The van der Waals surface area contributed by atoms with E-state index in [1.54, 1.807) is 12.1 Å². The smallest absolute Gasteiger partial charge is 0.254 e. The Hall–Kier alpha value is -4.13. The van der Waals surface area contributed by atoms with Gasteiger partial charge in [0.2, 0.25) is 6.79 Å². The SMILES string of the molecule is O=C(c1cc(-c2ccc3c(c2)OCO3)nc2ccccc12)N1CCN(c2ccc(F)cc2)CC1. The predicted octanol–water partition coefficient (Wildman–Crippen LogP) is 4.73. The first-order chi connectivity index (χ1) is 16.7. The van der Waals surface area contributed by atoms with E-state index in [1.165, 1.54) is 12.1 Å². The number of benzene rings is 3. The first-order valence-electron chi connectivity index (χ1n) is 11.3. The van der Waals surface area contributed by atoms with Crippen LogP contribution < -0.4 is 14.4 Å². The number of carbonyl (C=O) groups is 1. The summed E-state index contributed by atoms with van der Waals surface area (Å²) >= 11 is 0. The van der Waals surface area contributed by atoms with Crippen LogP contribution >= 0.6 is 0 Å². The van der Waals surface area contributed by atoms with E-state index in [1.807, 2.05) is 53.4 Å². The lowest BCUT2D eigenvalue weighted by molar-refractivity contribution is 0.0748. The van der Waals surface area contributed by atoms with Crippen molar-refractivity contribution in [1.29, 1.82) is 0 Å². The molecule has 1 aromatic heterocycles. The molecule has 6 nitrogen and oxygen atoms in total. The van der Waals surface area contributed by atoms with Gasteiger partial charge in [-0.2, -0.15) is 0 Å². The van der Waals surface area contributed by atoms with E-state index >= 15 is 0 Å². The molecule has 0 bridgehead atoms. The van der Waals surface area contributed by atoms with Crippen molar-refractivity contribution in [2.24, 2.45) is 0 Å². The van der Waals surface area contributed by atoms with Gasteiger partial charge in [-0.05, 0) is 54.6 Å². The van der Waals surface area contributed by atoms with Crippen molar-refractivity contribution >= 4 is 22.5 Å². The molecule has 0 N–H and O–H groups in total. The molecule has 6 rings (SSSR count). The molecule has 4 aromatic rings. The summed E-state index contributed by atoms with van der Waals surface area (Å²) < 4.78 is 24.2. The molecular formula is C27H22FN3O3. The first-order valence-corrected chi connectivity index (χ1v) is 11.3. The van der Waals surface area contributed by atoms with Crippen molar-refractivity contribution in [3.63, 3.8) is 0 Å². The number of piperazine rings is 1. The number of aromatic nitrogens is 1. The Kier molecular flexibility index (Phi) is 5.02. The first kappa shape index (κ1) is 20.5. The van der Waals surface area contributed by atoms with Crippen molar-refractivity contribution in [2.75, 3.05) is 37.9 Å². The van der Waals surface area contributed by atoms with E-state index in [-0.39, 0.29) is 18.5 Å². The summed E-state index contributed by atoms with van der Waals surface area (Å²) in [5, 5.41) is 0.831.